The van der Waals surface area contributed by atoms with Crippen molar-refractivity contribution in [2.24, 2.45) is 0 Å². The molecule has 103 heavy (non-hydrogen) atoms. The fourth-order valence-corrected chi connectivity index (χ4v) is 18.9. The second-order valence-corrected chi connectivity index (χ2v) is 35.6. The highest BCUT2D eigenvalue weighted by Gasteiger charge is 2.62. The number of phosphoric ester groups is 2. The van der Waals surface area contributed by atoms with Crippen molar-refractivity contribution < 1.29 is 113 Å². The molecule has 7 unspecified atom stereocenters. The number of aliphatic hydroxyl groups excluding tert-OH is 1. The van der Waals surface area contributed by atoms with Crippen LogP contribution in [-0.2, 0) is 88.1 Å². The molecule has 4 fully saturated rings. The maximum atomic E-state index is 14.6. The van der Waals surface area contributed by atoms with Gasteiger partial charge in [0.15, 0.2) is 53.1 Å². The number of nitrogens with zero attached hydrogens (tertiary/aromatic N) is 12. The Balaban J connectivity index is 0.820. The van der Waals surface area contributed by atoms with E-state index in [9.17, 15) is 52.5 Å². The van der Waals surface area contributed by atoms with E-state index in [1.165, 1.54) is 33.5 Å². The predicted molar refractivity (Wildman–Crippen MR) is 369 cm³/mol. The molecule has 572 valence electrons. The number of carbonyl (C=O) groups is 2. The van der Waals surface area contributed by atoms with Crippen LogP contribution < -0.4 is 17.2 Å². The first kappa shape index (κ1) is 80.5. The van der Waals surface area contributed by atoms with E-state index in [2.05, 4.69) is 58.7 Å². The lowest BCUT2D eigenvalue weighted by Crippen LogP contribution is -2.51. The number of aromatic nitrogens is 12. The molecule has 16 atom stereocenters. The molecule has 39 nitrogen and oxygen atoms in total. The van der Waals surface area contributed by atoms with Crippen LogP contribution in [0.15, 0.2) is 38.0 Å². The third-order valence-corrected chi connectivity index (χ3v) is 25.5. The number of fused-ring (bicyclic) bond motifs is 4. The van der Waals surface area contributed by atoms with Crippen molar-refractivity contribution in [3.8, 4) is 0 Å². The summed E-state index contributed by atoms with van der Waals surface area (Å²) < 4.78 is 137. The second-order valence-electron chi connectivity index (χ2n) is 24.8. The van der Waals surface area contributed by atoms with Crippen LogP contribution in [0.25, 0.3) is 33.5 Å². The highest BCUT2D eigenvalue weighted by atomic mass is 32.7. The van der Waals surface area contributed by atoms with Gasteiger partial charge in [-0.2, -0.15) is 0 Å². The molecule has 4 aliphatic rings. The van der Waals surface area contributed by atoms with Crippen molar-refractivity contribution in [2.45, 2.75) is 203 Å². The quantitative estimate of drug-likeness (QED) is 0.0106. The number of aliphatic hydroxyl groups is 1. The second kappa shape index (κ2) is 36.7. The number of hydrogen-bond acceptors (Lipinski definition) is 34. The van der Waals surface area contributed by atoms with Crippen molar-refractivity contribution in [2.75, 3.05) is 75.5 Å². The van der Waals surface area contributed by atoms with Gasteiger partial charge in [0.2, 0.25) is 0 Å². The van der Waals surface area contributed by atoms with Crippen LogP contribution in [0.4, 0.5) is 17.5 Å². The minimum absolute atomic E-state index is 0.0112. The minimum Gasteiger partial charge on any atom is -0.465 e. The van der Waals surface area contributed by atoms with Crippen LogP contribution in [0.1, 0.15) is 148 Å². The number of methoxy groups -OCH3 is 1. The molecule has 0 radical (unpaired) electrons. The maximum absolute atomic E-state index is 14.6. The number of hydrogen-bond donors (Lipinski definition) is 8. The van der Waals surface area contributed by atoms with E-state index in [0.29, 0.717) is 35.6 Å². The third-order valence-electron chi connectivity index (χ3n) is 17.6. The number of esters is 2. The Morgan fingerprint density at radius 2 is 1.02 bits per heavy atom. The molecule has 0 aromatic carbocycles. The van der Waals surface area contributed by atoms with Gasteiger partial charge in [-0.1, -0.05) is 90.9 Å². The van der Waals surface area contributed by atoms with Crippen LogP contribution in [0.5, 0.6) is 0 Å². The van der Waals surface area contributed by atoms with Crippen molar-refractivity contribution >= 4 is 115 Å². The van der Waals surface area contributed by atoms with E-state index in [1.807, 2.05) is 0 Å². The molecule has 10 heterocycles. The zero-order valence-corrected chi connectivity index (χ0v) is 62.1. The van der Waals surface area contributed by atoms with E-state index < -0.39 is 134 Å². The van der Waals surface area contributed by atoms with Crippen molar-refractivity contribution in [1.29, 1.82) is 0 Å². The van der Waals surface area contributed by atoms with Crippen molar-refractivity contribution in [1.82, 2.24) is 58.6 Å². The van der Waals surface area contributed by atoms with Crippen LogP contribution in [0.2, 0.25) is 0 Å². The van der Waals surface area contributed by atoms with Gasteiger partial charge in [0.1, 0.15) is 103 Å². The lowest BCUT2D eigenvalue weighted by Gasteiger charge is -2.38. The molecule has 0 aliphatic carbocycles. The van der Waals surface area contributed by atoms with Crippen LogP contribution in [0.3, 0.4) is 0 Å². The van der Waals surface area contributed by atoms with Gasteiger partial charge < -0.3 is 75.0 Å². The molecular weight excluding hydrogens is 1480 g/mol. The highest BCUT2D eigenvalue weighted by Crippen LogP contribution is 2.62. The Morgan fingerprint density at radius 3 is 1.54 bits per heavy atom. The molecule has 6 aromatic heterocycles. The monoisotopic (exact) mass is 1570 g/mol. The van der Waals surface area contributed by atoms with E-state index in [0.717, 1.165) is 102 Å². The summed E-state index contributed by atoms with van der Waals surface area (Å²) in [5.41, 5.74) is 17.0. The average Bonchev–Trinajstić information content (AvgIpc) is 1.58. The minimum atomic E-state index is -5.54. The van der Waals surface area contributed by atoms with Gasteiger partial charge in [0, 0.05) is 38.1 Å². The fraction of sp³-hybridized carbons (Fsp3) is 0.707. The number of imidazole rings is 3. The molecule has 4 saturated heterocycles. The molecular formula is C58H89N15O24P4S2. The zero-order chi connectivity index (χ0) is 73.5. The lowest BCUT2D eigenvalue weighted by molar-refractivity contribution is -0.165. The summed E-state index contributed by atoms with van der Waals surface area (Å²) in [7, 11) is -9.80. The largest absolute Gasteiger partial charge is 0.472 e. The molecule has 0 amide bonds. The molecule has 0 spiro atoms. The summed E-state index contributed by atoms with van der Waals surface area (Å²) in [5, 5.41) is 12.2. The average molecular weight is 1570 g/mol. The topological polar surface area (TPSA) is 532 Å². The van der Waals surface area contributed by atoms with Gasteiger partial charge in [-0.3, -0.25) is 50.4 Å². The van der Waals surface area contributed by atoms with Crippen LogP contribution >= 0.6 is 52.0 Å². The fourth-order valence-electron chi connectivity index (χ4n) is 12.5. The van der Waals surface area contributed by atoms with Crippen LogP contribution in [-0.4, -0.2) is 208 Å². The summed E-state index contributed by atoms with van der Waals surface area (Å²) in [6, 6.07) is 0. The molecule has 10 rings (SSSR count). The summed E-state index contributed by atoms with van der Waals surface area (Å²) in [6.45, 7) is -7.82. The maximum Gasteiger partial charge on any atom is 0.472 e. The first-order chi connectivity index (χ1) is 49.4. The molecule has 0 bridgehead atoms. The summed E-state index contributed by atoms with van der Waals surface area (Å²) >= 11 is 0.987. The van der Waals surface area contributed by atoms with Crippen molar-refractivity contribution in [3.63, 3.8) is 0 Å². The zero-order valence-electron chi connectivity index (χ0n) is 56.9. The Kier molecular flexibility index (Phi) is 28.7. The predicted octanol–water partition coefficient (Wildman–Crippen LogP) is 7.31. The SMILES string of the molecule is CCCCCCCCCC(=O)OCCSP(=O)(O)OC[C@H]1O[C@@H](n2cnc3c(N)ncnc32)C(OP(=O)(O)OC[C@H]2O[C@@H](n3cnc4c(N)ncnc43)C(OP(=O)(O)OC[C@]34CCCO[C@@H]3C(OP(=O)(O)SCCOC(=O)CCCCCCCCC)[C@H](n3cnc5c(N)ncnc53)O4)[C@H]2O)[C@@H]1OC. The van der Waals surface area contributed by atoms with E-state index in [4.69, 9.17) is 77.5 Å². The highest BCUT2D eigenvalue weighted by molar-refractivity contribution is 8.55. The number of unbranched alkanes of at least 4 members (excludes halogenated alkanes) is 12. The normalized spacial score (nSPS) is 26.7. The van der Waals surface area contributed by atoms with Gasteiger partial charge in [-0.25, -0.2) is 63.1 Å². The van der Waals surface area contributed by atoms with Gasteiger partial charge in [0.25, 0.3) is 0 Å². The summed E-state index contributed by atoms with van der Waals surface area (Å²) in [6.07, 6.45) is 4.19. The van der Waals surface area contributed by atoms with Crippen molar-refractivity contribution in [3.05, 3.63) is 38.0 Å². The van der Waals surface area contributed by atoms with Gasteiger partial charge in [-0.15, -0.1) is 0 Å². The smallest absolute Gasteiger partial charge is 0.465 e. The lowest BCUT2D eigenvalue weighted by atomic mass is 9.89. The summed E-state index contributed by atoms with van der Waals surface area (Å²) in [4.78, 5) is 108. The van der Waals surface area contributed by atoms with Gasteiger partial charge in [-0.05, 0) is 48.4 Å². The molecule has 45 heteroatoms. The van der Waals surface area contributed by atoms with Gasteiger partial charge >= 0.3 is 41.2 Å². The Hall–Kier alpha value is -5.03. The van der Waals surface area contributed by atoms with Gasteiger partial charge in [0.05, 0.1) is 38.8 Å². The number of anilines is 3. The molecule has 4 aliphatic heterocycles. The third kappa shape index (κ3) is 20.8. The van der Waals surface area contributed by atoms with Crippen LogP contribution in [0, 0.1) is 0 Å². The van der Waals surface area contributed by atoms with E-state index in [1.54, 1.807) is 0 Å². The standard InChI is InChI=1S/C58H89N15O24P4S2/c1-4-6-8-10-12-14-16-19-38(74)86-23-25-102-100(81,82)90-28-37-44(85-3)46(56(93-37)72-34-69-41-50(60)63-31-66-53(41)72)96-98(77,78)89-27-36-43(76)45(55(92-36)71-33-68-40-49(59)62-30-65-52(40)71)95-99(79,80)91-29-58-21-18-22-88-48(58)47(57(94-58)73-35-70-42-51(61)64-32-67-54(42)73)97-101(83,84)103-26-24-87-39(75)20-17-15-13-11-9-7-5-2/h30-37,43-48,55-57,76H,4-29H2,1-3H3,(H,77,78)(H,79,80)(H,81,82)(H,83,84)(H2,59,62,65)(H2,60,63,66)(H2,61,64,67)/t36-,37-,43+,44-,45?,46?,47?,48-,55-,56-,57-,58-/m1/s1. The number of phosphoric acid groups is 2. The first-order valence-corrected chi connectivity index (χ1v) is 43.2. The number of rotatable bonds is 43. The Labute approximate surface area is 599 Å². The van der Waals surface area contributed by atoms with E-state index in [-0.39, 0.29) is 108 Å². The number of nitrogen functional groups attached to an aromatic ring is 3. The molecule has 0 saturated carbocycles. The first-order valence-electron chi connectivity index (χ1n) is 33.9. The summed E-state index contributed by atoms with van der Waals surface area (Å²) in [5.74, 6) is -1.28. The Morgan fingerprint density at radius 1 is 0.563 bits per heavy atom. The number of nitrogens with two attached hydrogens (primary N) is 3. The number of carbonyl (C=O) groups excluding carboxylic acids is 2. The molecule has 11 N–H and O–H groups in total. The van der Waals surface area contributed by atoms with E-state index >= 15 is 0 Å². The molecule has 6 aromatic rings. The number of ether oxygens (including phenoxy) is 7. The Bertz CT molecular complexity index is 4010.